The predicted molar refractivity (Wildman–Crippen MR) is 86.9 cm³/mol. The van der Waals surface area contributed by atoms with Gasteiger partial charge in [-0.2, -0.15) is 17.9 Å². The van der Waals surface area contributed by atoms with E-state index in [0.29, 0.717) is 6.07 Å². The van der Waals surface area contributed by atoms with Gasteiger partial charge in [0.1, 0.15) is 5.01 Å². The first-order chi connectivity index (χ1) is 12.6. The topological polar surface area (TPSA) is 123 Å². The molecule has 0 atom stereocenters. The van der Waals surface area contributed by atoms with Crippen molar-refractivity contribution in [2.24, 2.45) is 0 Å². The molecule has 0 saturated heterocycles. The summed E-state index contributed by atoms with van der Waals surface area (Å²) >= 11 is 0.985. The highest BCUT2D eigenvalue weighted by molar-refractivity contribution is 7.13. The molecule has 0 aliphatic carbocycles. The van der Waals surface area contributed by atoms with Gasteiger partial charge in [-0.1, -0.05) is 0 Å². The number of nitro benzene ring substituents is 1. The van der Waals surface area contributed by atoms with E-state index in [-0.39, 0.29) is 26.6 Å². The maximum Gasteiger partial charge on any atom is 0.478 e. The second-order valence-electron chi connectivity index (χ2n) is 5.28. The van der Waals surface area contributed by atoms with Gasteiger partial charge in [0.15, 0.2) is 11.9 Å². The van der Waals surface area contributed by atoms with Crippen LogP contribution >= 0.6 is 11.3 Å². The number of nitro groups is 1. The van der Waals surface area contributed by atoms with Crippen molar-refractivity contribution in [3.05, 3.63) is 56.9 Å². The van der Waals surface area contributed by atoms with E-state index >= 15 is 0 Å². The molecule has 140 valence electrons. The minimum atomic E-state index is -4.79. The molecule has 12 heteroatoms. The minimum absolute atomic E-state index is 0.112. The number of alkyl halides is 3. The van der Waals surface area contributed by atoms with E-state index in [4.69, 9.17) is 0 Å². The van der Waals surface area contributed by atoms with Crippen molar-refractivity contribution in [2.45, 2.75) is 6.18 Å². The largest absolute Gasteiger partial charge is 0.618 e. The van der Waals surface area contributed by atoms with Gasteiger partial charge in [0.05, 0.1) is 16.2 Å². The van der Waals surface area contributed by atoms with Crippen molar-refractivity contribution in [3.8, 4) is 33.3 Å². The van der Waals surface area contributed by atoms with Crippen LogP contribution in [0.2, 0.25) is 0 Å². The Morgan fingerprint density at radius 2 is 1.89 bits per heavy atom. The Labute approximate surface area is 152 Å². The maximum atomic E-state index is 12.6. The first kappa shape index (κ1) is 18.4. The molecule has 0 aliphatic heterocycles. The molecule has 8 nitrogen and oxygen atoms in total. The molecule has 3 aromatic rings. The number of benzene rings is 1. The van der Waals surface area contributed by atoms with Crippen LogP contribution < -0.4 is 4.73 Å². The Bertz CT molecular complexity index is 1050. The van der Waals surface area contributed by atoms with E-state index in [2.05, 4.69) is 4.98 Å². The van der Waals surface area contributed by atoms with Gasteiger partial charge in [0, 0.05) is 23.1 Å². The monoisotopic (exact) mass is 399 g/mol. The van der Waals surface area contributed by atoms with Crippen LogP contribution in [-0.4, -0.2) is 20.1 Å². The fourth-order valence-corrected chi connectivity index (χ4v) is 3.08. The molecule has 2 heterocycles. The molecular weight excluding hydrogens is 391 g/mol. The lowest BCUT2D eigenvalue weighted by atomic mass is 10.1. The number of aromatic hydroxyl groups is 2. The van der Waals surface area contributed by atoms with Crippen LogP contribution in [0.25, 0.3) is 21.8 Å². The van der Waals surface area contributed by atoms with E-state index in [0.717, 1.165) is 35.7 Å². The summed E-state index contributed by atoms with van der Waals surface area (Å²) in [5.41, 5.74) is -1.70. The van der Waals surface area contributed by atoms with Gasteiger partial charge in [-0.15, -0.1) is 11.3 Å². The number of thiazole rings is 1. The third kappa shape index (κ3) is 3.46. The van der Waals surface area contributed by atoms with Crippen LogP contribution in [-0.2, 0) is 6.18 Å². The highest BCUT2D eigenvalue weighted by Crippen LogP contribution is 2.40. The maximum absolute atomic E-state index is 12.6. The standard InChI is InChI=1S/C15H8F3N3O5S/c16-15(17,18)12-2-1-7(5-20(12)24)14-19-9(6-27-14)8-3-10(21(25)26)13(23)11(22)4-8/h1-6,22-23H. The summed E-state index contributed by atoms with van der Waals surface area (Å²) in [6.07, 6.45) is -4.07. The summed E-state index contributed by atoms with van der Waals surface area (Å²) in [4.78, 5) is 14.2. The van der Waals surface area contributed by atoms with Gasteiger partial charge in [0.25, 0.3) is 5.69 Å². The summed E-state index contributed by atoms with van der Waals surface area (Å²) in [6, 6.07) is 3.76. The van der Waals surface area contributed by atoms with Crippen molar-refractivity contribution < 1.29 is 33.0 Å². The molecule has 0 bridgehead atoms. The fourth-order valence-electron chi connectivity index (χ4n) is 2.26. The summed E-state index contributed by atoms with van der Waals surface area (Å²) in [5.74, 6) is -1.62. The Morgan fingerprint density at radius 3 is 2.48 bits per heavy atom. The van der Waals surface area contributed by atoms with E-state index < -0.39 is 34.0 Å². The SMILES string of the molecule is O=[N+]([O-])c1cc(-c2csc(-c3ccc(C(F)(F)F)[n+]([O-])c3)n2)cc(O)c1O. The second kappa shape index (κ2) is 6.39. The minimum Gasteiger partial charge on any atom is -0.618 e. The van der Waals surface area contributed by atoms with Crippen LogP contribution in [0.5, 0.6) is 11.5 Å². The van der Waals surface area contributed by atoms with E-state index in [1.807, 2.05) is 0 Å². The number of hydrogen-bond acceptors (Lipinski definition) is 7. The molecule has 0 aliphatic rings. The fraction of sp³-hybridized carbons (Fsp3) is 0.0667. The summed E-state index contributed by atoms with van der Waals surface area (Å²) in [7, 11) is 0. The molecule has 0 radical (unpaired) electrons. The van der Waals surface area contributed by atoms with Crippen LogP contribution in [0.1, 0.15) is 5.69 Å². The van der Waals surface area contributed by atoms with Crippen molar-refractivity contribution in [3.63, 3.8) is 0 Å². The molecule has 0 unspecified atom stereocenters. The molecule has 2 aromatic heterocycles. The first-order valence-corrected chi connectivity index (χ1v) is 7.93. The molecule has 0 amide bonds. The highest BCUT2D eigenvalue weighted by atomic mass is 32.1. The molecule has 0 saturated carbocycles. The number of hydrogen-bond donors (Lipinski definition) is 2. The van der Waals surface area contributed by atoms with Gasteiger partial charge in [-0.05, 0) is 12.1 Å². The molecule has 0 spiro atoms. The molecule has 1 aromatic carbocycles. The quantitative estimate of drug-likeness (QED) is 0.229. The number of rotatable bonds is 3. The zero-order valence-corrected chi connectivity index (χ0v) is 13.8. The van der Waals surface area contributed by atoms with Gasteiger partial charge < -0.3 is 15.4 Å². The smallest absolute Gasteiger partial charge is 0.478 e. The number of phenolic OH excluding ortho intramolecular Hbond substituents is 2. The van der Waals surface area contributed by atoms with Crippen LogP contribution in [0.15, 0.2) is 35.8 Å². The molecule has 2 N–H and O–H groups in total. The Kier molecular flexibility index (Phi) is 4.35. The third-order valence-electron chi connectivity index (χ3n) is 3.52. The zero-order chi connectivity index (χ0) is 19.9. The van der Waals surface area contributed by atoms with Crippen LogP contribution in [0.3, 0.4) is 0 Å². The highest BCUT2D eigenvalue weighted by Gasteiger charge is 2.39. The Balaban J connectivity index is 2.01. The van der Waals surface area contributed by atoms with Crippen LogP contribution in [0.4, 0.5) is 18.9 Å². The average molecular weight is 399 g/mol. The summed E-state index contributed by atoms with van der Waals surface area (Å²) in [6.45, 7) is 0. The predicted octanol–water partition coefficient (Wildman–Crippen LogP) is 3.45. The van der Waals surface area contributed by atoms with E-state index in [1.54, 1.807) is 0 Å². The van der Waals surface area contributed by atoms with Crippen molar-refractivity contribution in [1.82, 2.24) is 4.98 Å². The number of aromatic nitrogens is 2. The van der Waals surface area contributed by atoms with Crippen molar-refractivity contribution >= 4 is 17.0 Å². The number of phenols is 2. The number of pyridine rings is 1. The molecule has 3 rings (SSSR count). The van der Waals surface area contributed by atoms with E-state index in [9.17, 15) is 38.7 Å². The number of halogens is 3. The van der Waals surface area contributed by atoms with Gasteiger partial charge in [-0.25, -0.2) is 4.98 Å². The van der Waals surface area contributed by atoms with Gasteiger partial charge >= 0.3 is 11.9 Å². The van der Waals surface area contributed by atoms with Crippen LogP contribution in [0, 0.1) is 15.3 Å². The molecule has 27 heavy (non-hydrogen) atoms. The lowest BCUT2D eigenvalue weighted by Gasteiger charge is -2.07. The normalized spacial score (nSPS) is 11.5. The summed E-state index contributed by atoms with van der Waals surface area (Å²) < 4.78 is 37.6. The first-order valence-electron chi connectivity index (χ1n) is 7.05. The van der Waals surface area contributed by atoms with Crippen molar-refractivity contribution in [2.75, 3.05) is 0 Å². The third-order valence-corrected chi connectivity index (χ3v) is 4.41. The lowest BCUT2D eigenvalue weighted by molar-refractivity contribution is -0.628. The number of nitrogens with zero attached hydrogens (tertiary/aromatic N) is 3. The lowest BCUT2D eigenvalue weighted by Crippen LogP contribution is -2.36. The van der Waals surface area contributed by atoms with Gasteiger partial charge in [-0.3, -0.25) is 10.1 Å². The molecule has 0 fully saturated rings. The van der Waals surface area contributed by atoms with Gasteiger partial charge in [0.2, 0.25) is 5.75 Å². The average Bonchev–Trinajstić information content (AvgIpc) is 3.05. The second-order valence-corrected chi connectivity index (χ2v) is 6.14. The summed E-state index contributed by atoms with van der Waals surface area (Å²) in [5, 5.41) is 43.3. The van der Waals surface area contributed by atoms with E-state index in [1.165, 1.54) is 5.38 Å². The van der Waals surface area contributed by atoms with Crippen molar-refractivity contribution in [1.29, 1.82) is 0 Å². The zero-order valence-electron chi connectivity index (χ0n) is 13.0. The molecular formula is C15H8F3N3O5S. The Morgan fingerprint density at radius 1 is 1.19 bits per heavy atom. The Hall–Kier alpha value is -3.41.